The predicted octanol–water partition coefficient (Wildman–Crippen LogP) is 3.04. The van der Waals surface area contributed by atoms with Gasteiger partial charge in [-0.25, -0.2) is 4.98 Å². The highest BCUT2D eigenvalue weighted by molar-refractivity contribution is 7.99. The highest BCUT2D eigenvalue weighted by atomic mass is 32.2. The largest absolute Gasteiger partial charge is 0.344 e. The maximum Gasteiger partial charge on any atom is 0.224 e. The van der Waals surface area contributed by atoms with Crippen molar-refractivity contribution in [3.05, 3.63) is 30.4 Å². The van der Waals surface area contributed by atoms with E-state index in [1.165, 1.54) is 29.9 Å². The van der Waals surface area contributed by atoms with Gasteiger partial charge in [0.1, 0.15) is 5.82 Å². The third-order valence-corrected chi connectivity index (χ3v) is 7.91. The number of carbonyl (C=O) groups excluding carboxylic acids is 1. The highest BCUT2D eigenvalue weighted by Gasteiger charge is 2.57. The van der Waals surface area contributed by atoms with E-state index in [2.05, 4.69) is 47.2 Å². The average molecular weight is 385 g/mol. The molecule has 27 heavy (non-hydrogen) atoms. The van der Waals surface area contributed by atoms with E-state index in [1.807, 2.05) is 18.0 Å². The molecule has 5 rings (SSSR count). The molecule has 5 nitrogen and oxygen atoms in total. The van der Waals surface area contributed by atoms with Crippen molar-refractivity contribution in [2.24, 2.45) is 23.7 Å². The maximum absolute atomic E-state index is 12.8. The van der Waals surface area contributed by atoms with Gasteiger partial charge >= 0.3 is 0 Å². The van der Waals surface area contributed by atoms with E-state index in [9.17, 15) is 4.79 Å². The van der Waals surface area contributed by atoms with E-state index in [1.54, 1.807) is 0 Å². The molecule has 1 unspecified atom stereocenters. The van der Waals surface area contributed by atoms with Gasteiger partial charge in [-0.3, -0.25) is 4.79 Å². The smallest absolute Gasteiger partial charge is 0.224 e. The molecule has 2 aromatic rings. The molecule has 0 spiro atoms. The first-order valence-corrected chi connectivity index (χ1v) is 11.2. The number of pyridine rings is 1. The summed E-state index contributed by atoms with van der Waals surface area (Å²) in [5.74, 6) is 4.41. The summed E-state index contributed by atoms with van der Waals surface area (Å²) in [4.78, 5) is 18.8. The fraction of sp³-hybridized carbons (Fsp3) is 0.619. The fourth-order valence-electron chi connectivity index (χ4n) is 4.70. The van der Waals surface area contributed by atoms with Crippen molar-refractivity contribution < 1.29 is 4.79 Å². The number of nitrogens with one attached hydrogen (secondary N) is 2. The monoisotopic (exact) mass is 384 g/mol. The number of rotatable bonds is 6. The van der Waals surface area contributed by atoms with Crippen molar-refractivity contribution in [3.8, 4) is 0 Å². The molecule has 3 heterocycles. The van der Waals surface area contributed by atoms with Gasteiger partial charge in [0.05, 0.1) is 17.3 Å². The molecule has 2 aromatic heterocycles. The van der Waals surface area contributed by atoms with E-state index in [0.29, 0.717) is 11.8 Å². The molecule has 144 valence electrons. The Morgan fingerprint density at radius 2 is 2.15 bits per heavy atom. The van der Waals surface area contributed by atoms with Crippen molar-refractivity contribution in [3.63, 3.8) is 0 Å². The molecule has 3 atom stereocenters. The Bertz CT molecular complexity index is 862. The molecular formula is C21H28N4OS. The Morgan fingerprint density at radius 3 is 2.85 bits per heavy atom. The van der Waals surface area contributed by atoms with Crippen molar-refractivity contribution in [1.82, 2.24) is 20.0 Å². The van der Waals surface area contributed by atoms with Crippen LogP contribution in [0.25, 0.3) is 5.52 Å². The molecule has 6 heteroatoms. The predicted molar refractivity (Wildman–Crippen MR) is 108 cm³/mol. The van der Waals surface area contributed by atoms with Crippen LogP contribution in [0, 0.1) is 23.7 Å². The summed E-state index contributed by atoms with van der Waals surface area (Å²) in [6.07, 6.45) is 8.16. The standard InChI is InChI=1S/C21H28N4OS/c1-21(2,24-19(26)18-14-9-22-10-15(14)18)20-23-11-16-17(7-4-8-25(16)20)27-12-13-5-3-6-13/h4,7-8,11,13-15,18,22H,3,5-6,9-10,12H2,1-2H3,(H,24,26)/t14-,15+,18?. The lowest BCUT2D eigenvalue weighted by Gasteiger charge is -2.26. The van der Waals surface area contributed by atoms with Gasteiger partial charge in [-0.2, -0.15) is 0 Å². The van der Waals surface area contributed by atoms with Crippen LogP contribution < -0.4 is 10.6 Å². The minimum absolute atomic E-state index is 0.184. The number of imidazole rings is 1. The number of piperidine rings is 1. The van der Waals surface area contributed by atoms with Crippen molar-refractivity contribution in [2.45, 2.75) is 43.5 Å². The van der Waals surface area contributed by atoms with Gasteiger partial charge in [-0.1, -0.05) is 6.42 Å². The summed E-state index contributed by atoms with van der Waals surface area (Å²) >= 11 is 1.94. The summed E-state index contributed by atoms with van der Waals surface area (Å²) in [6, 6.07) is 4.28. The van der Waals surface area contributed by atoms with Crippen LogP contribution in [0.2, 0.25) is 0 Å². The summed E-state index contributed by atoms with van der Waals surface area (Å²) in [6.45, 7) is 6.09. The summed E-state index contributed by atoms with van der Waals surface area (Å²) in [5.41, 5.74) is 0.650. The molecule has 3 fully saturated rings. The second-order valence-corrected chi connectivity index (χ2v) is 10.0. The average Bonchev–Trinajstić information content (AvgIpc) is 2.96. The molecule has 0 radical (unpaired) electrons. The van der Waals surface area contributed by atoms with Gasteiger partial charge in [-0.05, 0) is 69.7 Å². The molecular weight excluding hydrogens is 356 g/mol. The van der Waals surface area contributed by atoms with Crippen LogP contribution in [-0.2, 0) is 10.3 Å². The molecule has 2 N–H and O–H groups in total. The second-order valence-electron chi connectivity index (χ2n) is 8.94. The number of thioether (sulfide) groups is 1. The Labute approximate surface area is 164 Å². The number of hydrogen-bond acceptors (Lipinski definition) is 4. The van der Waals surface area contributed by atoms with E-state index < -0.39 is 5.54 Å². The molecule has 0 aromatic carbocycles. The Balaban J connectivity index is 1.34. The number of hydrogen-bond donors (Lipinski definition) is 2. The van der Waals surface area contributed by atoms with Crippen LogP contribution >= 0.6 is 11.8 Å². The van der Waals surface area contributed by atoms with E-state index in [0.717, 1.165) is 30.3 Å². The maximum atomic E-state index is 12.8. The lowest BCUT2D eigenvalue weighted by atomic mass is 9.87. The Morgan fingerprint density at radius 1 is 1.37 bits per heavy atom. The van der Waals surface area contributed by atoms with Crippen LogP contribution in [0.1, 0.15) is 38.9 Å². The summed E-state index contributed by atoms with van der Waals surface area (Å²) < 4.78 is 2.15. The number of amides is 1. The lowest BCUT2D eigenvalue weighted by Crippen LogP contribution is -2.44. The van der Waals surface area contributed by atoms with Crippen molar-refractivity contribution in [2.75, 3.05) is 18.8 Å². The van der Waals surface area contributed by atoms with Gasteiger partial charge in [0.2, 0.25) is 5.91 Å². The Kier molecular flexibility index (Phi) is 4.24. The van der Waals surface area contributed by atoms with Crippen molar-refractivity contribution >= 4 is 23.2 Å². The minimum atomic E-state index is -0.495. The molecule has 1 saturated heterocycles. The van der Waals surface area contributed by atoms with Crippen LogP contribution in [0.5, 0.6) is 0 Å². The van der Waals surface area contributed by atoms with Gasteiger partial charge in [0.25, 0.3) is 0 Å². The molecule has 3 aliphatic rings. The zero-order valence-electron chi connectivity index (χ0n) is 16.1. The number of carbonyl (C=O) groups is 1. The molecule has 2 aliphatic carbocycles. The quantitative estimate of drug-likeness (QED) is 0.752. The third kappa shape index (κ3) is 3.07. The van der Waals surface area contributed by atoms with Gasteiger partial charge in [0, 0.05) is 22.8 Å². The van der Waals surface area contributed by atoms with E-state index >= 15 is 0 Å². The van der Waals surface area contributed by atoms with E-state index in [-0.39, 0.29) is 11.8 Å². The number of nitrogens with zero attached hydrogens (tertiary/aromatic N) is 2. The highest BCUT2D eigenvalue weighted by Crippen LogP contribution is 2.49. The number of fused-ring (bicyclic) bond motifs is 2. The first kappa shape index (κ1) is 17.6. The normalized spacial score (nSPS) is 27.4. The zero-order chi connectivity index (χ0) is 18.6. The Hall–Kier alpha value is -1.53. The van der Waals surface area contributed by atoms with Crippen LogP contribution in [-0.4, -0.2) is 34.1 Å². The van der Waals surface area contributed by atoms with Crippen LogP contribution in [0.15, 0.2) is 29.4 Å². The first-order valence-electron chi connectivity index (χ1n) is 10.2. The fourth-order valence-corrected chi connectivity index (χ4v) is 5.92. The molecule has 1 amide bonds. The first-order chi connectivity index (χ1) is 13.0. The topological polar surface area (TPSA) is 58.4 Å². The summed E-state index contributed by atoms with van der Waals surface area (Å²) in [5, 5.41) is 6.63. The zero-order valence-corrected chi connectivity index (χ0v) is 16.9. The number of aromatic nitrogens is 2. The minimum Gasteiger partial charge on any atom is -0.344 e. The van der Waals surface area contributed by atoms with Crippen LogP contribution in [0.3, 0.4) is 0 Å². The molecule has 2 saturated carbocycles. The van der Waals surface area contributed by atoms with Crippen molar-refractivity contribution in [1.29, 1.82) is 0 Å². The van der Waals surface area contributed by atoms with Gasteiger partial charge in [-0.15, -0.1) is 11.8 Å². The van der Waals surface area contributed by atoms with Crippen LogP contribution in [0.4, 0.5) is 0 Å². The SMILES string of the molecule is CC(C)(NC(=O)C1[C@H]2CNC[C@@H]12)c1ncc2c(SCC3CCC3)cccn12. The van der Waals surface area contributed by atoms with Gasteiger partial charge in [0.15, 0.2) is 0 Å². The molecule has 0 bridgehead atoms. The summed E-state index contributed by atoms with van der Waals surface area (Å²) in [7, 11) is 0. The third-order valence-electron chi connectivity index (χ3n) is 6.62. The molecule has 1 aliphatic heterocycles. The lowest BCUT2D eigenvalue weighted by molar-refractivity contribution is -0.124. The second kappa shape index (κ2) is 6.52. The van der Waals surface area contributed by atoms with E-state index in [4.69, 9.17) is 4.98 Å². The van der Waals surface area contributed by atoms with Gasteiger partial charge < -0.3 is 15.0 Å².